The Kier molecular flexibility index (Phi) is 4.93. The van der Waals surface area contributed by atoms with Gasteiger partial charge in [0.1, 0.15) is 0 Å². The first-order valence-corrected chi connectivity index (χ1v) is 10.0. The standard InChI is InChI=1S/C20H21ClF3N5O/c1-4-19(25-2,11-9-14(21)16(26-10-11)20(22,23)24)17-13-7-8-29(12-5-6-12)18(30)15(13)27-28(17)3/h7-10,12,25H,4-6H2,1-3H3. The molecule has 0 spiro atoms. The van der Waals surface area contributed by atoms with Gasteiger partial charge >= 0.3 is 6.18 Å². The summed E-state index contributed by atoms with van der Waals surface area (Å²) in [4.78, 5) is 16.5. The molecule has 30 heavy (non-hydrogen) atoms. The first-order chi connectivity index (χ1) is 14.1. The third-order valence-electron chi connectivity index (χ3n) is 5.83. The molecule has 10 heteroatoms. The molecule has 1 atom stereocenters. The molecule has 3 aromatic rings. The molecule has 0 bridgehead atoms. The lowest BCUT2D eigenvalue weighted by Crippen LogP contribution is -2.42. The van der Waals surface area contributed by atoms with Crippen molar-refractivity contribution in [3.63, 3.8) is 0 Å². The molecule has 0 radical (unpaired) electrons. The fourth-order valence-corrected chi connectivity index (χ4v) is 4.45. The van der Waals surface area contributed by atoms with E-state index in [1.54, 1.807) is 29.5 Å². The lowest BCUT2D eigenvalue weighted by molar-refractivity contribution is -0.141. The van der Waals surface area contributed by atoms with Crippen LogP contribution in [0.25, 0.3) is 10.9 Å². The van der Waals surface area contributed by atoms with Gasteiger partial charge in [0.15, 0.2) is 11.2 Å². The van der Waals surface area contributed by atoms with E-state index in [9.17, 15) is 18.0 Å². The minimum atomic E-state index is -4.64. The minimum absolute atomic E-state index is 0.165. The van der Waals surface area contributed by atoms with Crippen molar-refractivity contribution in [3.8, 4) is 0 Å². The van der Waals surface area contributed by atoms with Gasteiger partial charge < -0.3 is 9.88 Å². The number of rotatable bonds is 5. The van der Waals surface area contributed by atoms with Gasteiger partial charge in [-0.25, -0.2) is 4.98 Å². The van der Waals surface area contributed by atoms with Gasteiger partial charge in [-0.2, -0.15) is 18.3 Å². The van der Waals surface area contributed by atoms with Crippen molar-refractivity contribution in [2.45, 2.75) is 43.9 Å². The maximum Gasteiger partial charge on any atom is 0.434 e. The number of aryl methyl sites for hydroxylation is 1. The van der Waals surface area contributed by atoms with Crippen LogP contribution in [0.4, 0.5) is 13.2 Å². The predicted octanol–water partition coefficient (Wildman–Crippen LogP) is 4.01. The fraction of sp³-hybridized carbons (Fsp3) is 0.450. The fourth-order valence-electron chi connectivity index (χ4n) is 4.18. The van der Waals surface area contributed by atoms with Crippen molar-refractivity contribution in [3.05, 3.63) is 56.9 Å². The molecule has 3 aromatic heterocycles. The van der Waals surface area contributed by atoms with Crippen LogP contribution in [0.15, 0.2) is 29.3 Å². The number of hydrogen-bond donors (Lipinski definition) is 1. The molecule has 1 aliphatic rings. The van der Waals surface area contributed by atoms with Gasteiger partial charge in [-0.1, -0.05) is 18.5 Å². The monoisotopic (exact) mass is 439 g/mol. The Labute approximate surface area is 175 Å². The van der Waals surface area contributed by atoms with Crippen LogP contribution in [-0.2, 0) is 18.8 Å². The van der Waals surface area contributed by atoms with E-state index < -0.39 is 22.4 Å². The molecule has 1 N–H and O–H groups in total. The Balaban J connectivity index is 1.94. The number of fused-ring (bicyclic) bond motifs is 1. The Morgan fingerprint density at radius 2 is 2.03 bits per heavy atom. The van der Waals surface area contributed by atoms with Gasteiger partial charge in [0.05, 0.1) is 16.3 Å². The molecule has 1 aliphatic carbocycles. The van der Waals surface area contributed by atoms with Crippen molar-refractivity contribution in [1.29, 1.82) is 0 Å². The summed E-state index contributed by atoms with van der Waals surface area (Å²) < 4.78 is 42.7. The van der Waals surface area contributed by atoms with Crippen molar-refractivity contribution < 1.29 is 13.2 Å². The average molecular weight is 440 g/mol. The number of halogens is 4. The highest BCUT2D eigenvalue weighted by Gasteiger charge is 2.40. The number of hydrogen-bond acceptors (Lipinski definition) is 4. The van der Waals surface area contributed by atoms with Crippen LogP contribution < -0.4 is 10.9 Å². The second-order valence-corrected chi connectivity index (χ2v) is 7.96. The molecule has 3 heterocycles. The van der Waals surface area contributed by atoms with E-state index in [-0.39, 0.29) is 11.6 Å². The predicted molar refractivity (Wildman–Crippen MR) is 108 cm³/mol. The molecule has 1 saturated carbocycles. The van der Waals surface area contributed by atoms with Crippen molar-refractivity contribution in [2.24, 2.45) is 7.05 Å². The lowest BCUT2D eigenvalue weighted by Gasteiger charge is -2.34. The molecule has 4 rings (SSSR count). The number of nitrogens with zero attached hydrogens (tertiary/aromatic N) is 4. The highest BCUT2D eigenvalue weighted by molar-refractivity contribution is 6.31. The number of nitrogens with one attached hydrogen (secondary N) is 1. The topological polar surface area (TPSA) is 64.7 Å². The van der Waals surface area contributed by atoms with E-state index in [1.807, 2.05) is 13.0 Å². The molecule has 160 valence electrons. The van der Waals surface area contributed by atoms with E-state index in [4.69, 9.17) is 11.6 Å². The van der Waals surface area contributed by atoms with Crippen molar-refractivity contribution in [1.82, 2.24) is 24.6 Å². The van der Waals surface area contributed by atoms with Crippen LogP contribution >= 0.6 is 11.6 Å². The van der Waals surface area contributed by atoms with Crippen LogP contribution in [0.1, 0.15) is 49.2 Å². The largest absolute Gasteiger partial charge is 0.434 e. The summed E-state index contributed by atoms with van der Waals surface area (Å²) >= 11 is 5.96. The summed E-state index contributed by atoms with van der Waals surface area (Å²) in [7, 11) is 3.43. The third kappa shape index (κ3) is 3.11. The van der Waals surface area contributed by atoms with Crippen LogP contribution in [-0.4, -0.2) is 26.4 Å². The van der Waals surface area contributed by atoms with Gasteiger partial charge in [-0.05, 0) is 44.0 Å². The summed E-state index contributed by atoms with van der Waals surface area (Å²) in [5, 5.41) is 7.85. The molecule has 1 fully saturated rings. The Morgan fingerprint density at radius 3 is 2.57 bits per heavy atom. The quantitative estimate of drug-likeness (QED) is 0.652. The molecule has 0 aromatic carbocycles. The summed E-state index contributed by atoms with van der Waals surface area (Å²) in [5.41, 5.74) is -0.775. The Hall–Kier alpha value is -2.39. The summed E-state index contributed by atoms with van der Waals surface area (Å²) in [6, 6.07) is 3.34. The Morgan fingerprint density at radius 1 is 1.33 bits per heavy atom. The van der Waals surface area contributed by atoms with Crippen LogP contribution in [0, 0.1) is 0 Å². The molecular formula is C20H21ClF3N5O. The van der Waals surface area contributed by atoms with Crippen LogP contribution in [0.2, 0.25) is 5.02 Å². The molecule has 6 nitrogen and oxygen atoms in total. The second kappa shape index (κ2) is 7.09. The molecule has 0 amide bonds. The zero-order valence-electron chi connectivity index (χ0n) is 16.7. The highest BCUT2D eigenvalue weighted by Crippen LogP contribution is 2.40. The molecule has 0 saturated heterocycles. The van der Waals surface area contributed by atoms with Gasteiger partial charge in [-0.3, -0.25) is 9.48 Å². The maximum absolute atomic E-state index is 13.1. The summed E-state index contributed by atoms with van der Waals surface area (Å²) in [6.45, 7) is 1.90. The zero-order chi connectivity index (χ0) is 21.8. The first kappa shape index (κ1) is 20.9. The molecule has 0 aliphatic heterocycles. The lowest BCUT2D eigenvalue weighted by atomic mass is 9.83. The first-order valence-electron chi connectivity index (χ1n) is 9.64. The Bertz CT molecular complexity index is 1180. The van der Waals surface area contributed by atoms with E-state index in [0.29, 0.717) is 28.6 Å². The van der Waals surface area contributed by atoms with Crippen LogP contribution in [0.5, 0.6) is 0 Å². The van der Waals surface area contributed by atoms with Crippen molar-refractivity contribution >= 4 is 22.5 Å². The van der Waals surface area contributed by atoms with E-state index in [1.165, 1.54) is 12.3 Å². The summed E-state index contributed by atoms with van der Waals surface area (Å²) in [6.07, 6.45) is 0.706. The van der Waals surface area contributed by atoms with Gasteiger partial charge in [0, 0.05) is 30.9 Å². The van der Waals surface area contributed by atoms with Crippen molar-refractivity contribution in [2.75, 3.05) is 7.05 Å². The number of aromatic nitrogens is 4. The number of pyridine rings is 2. The minimum Gasteiger partial charge on any atom is -0.311 e. The van der Waals surface area contributed by atoms with Crippen LogP contribution in [0.3, 0.4) is 0 Å². The zero-order valence-corrected chi connectivity index (χ0v) is 17.5. The second-order valence-electron chi connectivity index (χ2n) is 7.55. The molecular weight excluding hydrogens is 419 g/mol. The average Bonchev–Trinajstić information content (AvgIpc) is 3.46. The smallest absolute Gasteiger partial charge is 0.311 e. The summed E-state index contributed by atoms with van der Waals surface area (Å²) in [5.74, 6) is 0. The third-order valence-corrected chi connectivity index (χ3v) is 6.11. The van der Waals surface area contributed by atoms with E-state index in [0.717, 1.165) is 12.8 Å². The SMILES string of the molecule is CCC(NC)(c1cnc(C(F)(F)F)c(Cl)c1)c1c2ccn(C3CC3)c(=O)c2nn1C. The van der Waals surface area contributed by atoms with Gasteiger partial charge in [-0.15, -0.1) is 0 Å². The maximum atomic E-state index is 13.1. The highest BCUT2D eigenvalue weighted by atomic mass is 35.5. The van der Waals surface area contributed by atoms with Gasteiger partial charge in [0.2, 0.25) is 0 Å². The number of alkyl halides is 3. The van der Waals surface area contributed by atoms with E-state index >= 15 is 0 Å². The van der Waals surface area contributed by atoms with E-state index in [2.05, 4.69) is 15.4 Å². The van der Waals surface area contributed by atoms with Gasteiger partial charge in [0.25, 0.3) is 5.56 Å². The normalized spacial score (nSPS) is 16.8. The molecule has 1 unspecified atom stereocenters.